The van der Waals surface area contributed by atoms with Gasteiger partial charge in [-0.1, -0.05) is 0 Å². The van der Waals surface area contributed by atoms with Gasteiger partial charge in [0.2, 0.25) is 0 Å². The minimum atomic E-state index is -4.39. The van der Waals surface area contributed by atoms with Gasteiger partial charge in [0.1, 0.15) is 0 Å². The number of carboxylic acid groups (broad SMARTS) is 1. The van der Waals surface area contributed by atoms with Crippen molar-refractivity contribution in [1.29, 1.82) is 0 Å². The highest BCUT2D eigenvalue weighted by Gasteiger charge is 2.27. The van der Waals surface area contributed by atoms with Gasteiger partial charge in [-0.2, -0.15) is 18.3 Å². The summed E-state index contributed by atoms with van der Waals surface area (Å²) in [6, 6.07) is -2.37. The smallest absolute Gasteiger partial charge is 0.390 e. The average Bonchev–Trinajstić information content (AvgIpc) is 2.70. The molecular formula is C10H13F3N4O3. The molecule has 7 nitrogen and oxygen atoms in total. The number of rotatable bonds is 5. The predicted molar refractivity (Wildman–Crippen MR) is 60.8 cm³/mol. The van der Waals surface area contributed by atoms with Crippen LogP contribution < -0.4 is 10.6 Å². The third kappa shape index (κ3) is 5.16. The third-order valence-corrected chi connectivity index (χ3v) is 2.27. The van der Waals surface area contributed by atoms with Crippen LogP contribution in [-0.2, 0) is 11.8 Å². The summed E-state index contributed by atoms with van der Waals surface area (Å²) in [5, 5.41) is 16.7. The van der Waals surface area contributed by atoms with Gasteiger partial charge in [-0.3, -0.25) is 4.68 Å². The van der Waals surface area contributed by atoms with Crippen molar-refractivity contribution in [2.24, 2.45) is 7.05 Å². The number of hydrogen-bond donors (Lipinski definition) is 3. The van der Waals surface area contributed by atoms with Crippen LogP contribution in [0, 0.1) is 0 Å². The minimum Gasteiger partial charge on any atom is -0.479 e. The quantitative estimate of drug-likeness (QED) is 0.748. The molecule has 1 aromatic heterocycles. The summed E-state index contributed by atoms with van der Waals surface area (Å²) < 4.78 is 37.0. The summed E-state index contributed by atoms with van der Waals surface area (Å²) in [6.07, 6.45) is -2.95. The summed E-state index contributed by atoms with van der Waals surface area (Å²) >= 11 is 0. The first-order valence-corrected chi connectivity index (χ1v) is 5.51. The maximum atomic E-state index is 11.9. The van der Waals surface area contributed by atoms with Gasteiger partial charge in [-0.15, -0.1) is 0 Å². The number of carbonyl (C=O) groups excluding carboxylic acids is 1. The molecule has 1 rings (SSSR count). The van der Waals surface area contributed by atoms with Gasteiger partial charge in [-0.05, 0) is 0 Å². The topological polar surface area (TPSA) is 96.2 Å². The zero-order valence-corrected chi connectivity index (χ0v) is 10.4. The van der Waals surface area contributed by atoms with E-state index in [0.717, 1.165) is 0 Å². The first-order valence-electron chi connectivity index (χ1n) is 5.51. The lowest BCUT2D eigenvalue weighted by Gasteiger charge is -2.14. The van der Waals surface area contributed by atoms with Crippen molar-refractivity contribution >= 4 is 12.0 Å². The second-order valence-corrected chi connectivity index (χ2v) is 3.98. The SMILES string of the molecule is Cn1cc(C(NC(=O)NCCC(F)(F)F)C(=O)O)cn1. The molecule has 0 radical (unpaired) electrons. The largest absolute Gasteiger partial charge is 0.479 e. The van der Waals surface area contributed by atoms with E-state index in [1.807, 2.05) is 5.32 Å². The zero-order valence-electron chi connectivity index (χ0n) is 10.4. The molecule has 0 aliphatic rings. The predicted octanol–water partition coefficient (Wildman–Crippen LogP) is 0.797. The van der Waals surface area contributed by atoms with Crippen LogP contribution in [-0.4, -0.2) is 39.6 Å². The van der Waals surface area contributed by atoms with Crippen LogP contribution in [0.3, 0.4) is 0 Å². The van der Waals surface area contributed by atoms with Crippen LogP contribution in [0.1, 0.15) is 18.0 Å². The highest BCUT2D eigenvalue weighted by Crippen LogP contribution is 2.18. The van der Waals surface area contributed by atoms with E-state index >= 15 is 0 Å². The van der Waals surface area contributed by atoms with Crippen LogP contribution in [0.15, 0.2) is 12.4 Å². The Labute approximate surface area is 111 Å². The number of aromatic nitrogens is 2. The number of hydrogen-bond acceptors (Lipinski definition) is 3. The molecule has 112 valence electrons. The molecule has 0 fully saturated rings. The number of halogens is 3. The number of aryl methyl sites for hydroxylation is 1. The van der Waals surface area contributed by atoms with E-state index in [0.29, 0.717) is 0 Å². The molecule has 0 aromatic carbocycles. The molecule has 10 heteroatoms. The fourth-order valence-corrected chi connectivity index (χ4v) is 1.38. The molecule has 0 spiro atoms. The third-order valence-electron chi connectivity index (χ3n) is 2.27. The van der Waals surface area contributed by atoms with Gasteiger partial charge in [-0.25, -0.2) is 9.59 Å². The van der Waals surface area contributed by atoms with Gasteiger partial charge in [0, 0.05) is 25.4 Å². The van der Waals surface area contributed by atoms with Crippen molar-refractivity contribution in [3.63, 3.8) is 0 Å². The Bertz CT molecular complexity index is 486. The molecule has 1 atom stereocenters. The molecule has 0 aliphatic carbocycles. The summed E-state index contributed by atoms with van der Waals surface area (Å²) in [6.45, 7) is -0.630. The highest BCUT2D eigenvalue weighted by molar-refractivity contribution is 5.83. The number of alkyl halides is 3. The van der Waals surface area contributed by atoms with Gasteiger partial charge >= 0.3 is 18.2 Å². The molecule has 1 heterocycles. The molecule has 0 bridgehead atoms. The molecule has 2 amide bonds. The fourth-order valence-electron chi connectivity index (χ4n) is 1.38. The lowest BCUT2D eigenvalue weighted by atomic mass is 10.1. The Morgan fingerprint density at radius 1 is 1.50 bits per heavy atom. The standard InChI is InChI=1S/C10H13F3N4O3/c1-17-5-6(4-15-17)7(8(18)19)16-9(20)14-3-2-10(11,12)13/h4-5,7H,2-3H2,1H3,(H,18,19)(H2,14,16,20). The monoisotopic (exact) mass is 294 g/mol. The van der Waals surface area contributed by atoms with E-state index < -0.39 is 37.2 Å². The second kappa shape index (κ2) is 6.26. The summed E-state index contributed by atoms with van der Waals surface area (Å²) in [7, 11) is 1.56. The normalized spacial score (nSPS) is 12.8. The number of urea groups is 1. The average molecular weight is 294 g/mol. The maximum absolute atomic E-state index is 11.9. The molecular weight excluding hydrogens is 281 g/mol. The first kappa shape index (κ1) is 15.8. The van der Waals surface area contributed by atoms with E-state index in [4.69, 9.17) is 5.11 Å². The van der Waals surface area contributed by atoms with Crippen LogP contribution >= 0.6 is 0 Å². The molecule has 1 unspecified atom stereocenters. The number of carbonyl (C=O) groups is 2. The van der Waals surface area contributed by atoms with Crippen molar-refractivity contribution in [2.45, 2.75) is 18.6 Å². The molecule has 3 N–H and O–H groups in total. The summed E-state index contributed by atoms with van der Waals surface area (Å²) in [4.78, 5) is 22.4. The summed E-state index contributed by atoms with van der Waals surface area (Å²) in [5.41, 5.74) is 0.214. The van der Waals surface area contributed by atoms with Crippen molar-refractivity contribution in [1.82, 2.24) is 20.4 Å². The second-order valence-electron chi connectivity index (χ2n) is 3.98. The van der Waals surface area contributed by atoms with E-state index in [1.165, 1.54) is 17.1 Å². The van der Waals surface area contributed by atoms with E-state index in [2.05, 4.69) is 10.4 Å². The van der Waals surface area contributed by atoms with Gasteiger partial charge < -0.3 is 15.7 Å². The minimum absolute atomic E-state index is 0.214. The fraction of sp³-hybridized carbons (Fsp3) is 0.500. The lowest BCUT2D eigenvalue weighted by molar-refractivity contribution is -0.139. The molecule has 0 saturated carbocycles. The number of nitrogens with one attached hydrogen (secondary N) is 2. The van der Waals surface area contributed by atoms with E-state index in [-0.39, 0.29) is 5.56 Å². The van der Waals surface area contributed by atoms with E-state index in [1.54, 1.807) is 7.05 Å². The zero-order chi connectivity index (χ0) is 15.3. The van der Waals surface area contributed by atoms with Gasteiger partial charge in [0.05, 0.1) is 12.6 Å². The molecule has 0 aliphatic heterocycles. The lowest BCUT2D eigenvalue weighted by Crippen LogP contribution is -2.41. The Hall–Kier alpha value is -2.26. The van der Waals surface area contributed by atoms with E-state index in [9.17, 15) is 22.8 Å². The van der Waals surface area contributed by atoms with Crippen LogP contribution in [0.25, 0.3) is 0 Å². The number of carboxylic acids is 1. The molecule has 1 aromatic rings. The maximum Gasteiger partial charge on any atom is 0.390 e. The number of nitrogens with zero attached hydrogens (tertiary/aromatic N) is 2. The van der Waals surface area contributed by atoms with Gasteiger partial charge in [0.25, 0.3) is 0 Å². The molecule has 20 heavy (non-hydrogen) atoms. The first-order chi connectivity index (χ1) is 9.19. The highest BCUT2D eigenvalue weighted by atomic mass is 19.4. The molecule has 0 saturated heterocycles. The van der Waals surface area contributed by atoms with Crippen LogP contribution in [0.4, 0.5) is 18.0 Å². The number of amides is 2. The number of aliphatic carboxylic acids is 1. The Morgan fingerprint density at radius 3 is 2.60 bits per heavy atom. The van der Waals surface area contributed by atoms with Crippen molar-refractivity contribution in [2.75, 3.05) is 6.54 Å². The van der Waals surface area contributed by atoms with Crippen molar-refractivity contribution in [3.05, 3.63) is 18.0 Å². The van der Waals surface area contributed by atoms with Crippen molar-refractivity contribution in [3.8, 4) is 0 Å². The summed E-state index contributed by atoms with van der Waals surface area (Å²) in [5.74, 6) is -1.34. The van der Waals surface area contributed by atoms with Crippen LogP contribution in [0.5, 0.6) is 0 Å². The van der Waals surface area contributed by atoms with Gasteiger partial charge in [0.15, 0.2) is 6.04 Å². The Morgan fingerprint density at radius 2 is 2.15 bits per heavy atom. The van der Waals surface area contributed by atoms with Crippen molar-refractivity contribution < 1.29 is 27.9 Å². The Kier molecular flexibility index (Phi) is 4.94. The Balaban J connectivity index is 2.54. The van der Waals surface area contributed by atoms with Crippen LogP contribution in [0.2, 0.25) is 0 Å².